The van der Waals surface area contributed by atoms with Gasteiger partial charge in [-0.15, -0.1) is 0 Å². The molecule has 3 heterocycles. The van der Waals surface area contributed by atoms with Crippen molar-refractivity contribution in [2.24, 2.45) is 0 Å². The van der Waals surface area contributed by atoms with Crippen molar-refractivity contribution in [3.05, 3.63) is 158 Å². The van der Waals surface area contributed by atoms with Crippen LogP contribution in [0.1, 0.15) is 335 Å². The van der Waals surface area contributed by atoms with Crippen molar-refractivity contribution in [1.29, 1.82) is 0 Å². The average Bonchev–Trinajstić information content (AvgIpc) is 0.778. The molecule has 3 aliphatic rings. The summed E-state index contributed by atoms with van der Waals surface area (Å²) in [6.07, 6.45) is 88.2. The molecule has 3 rings (SSSR count). The fraction of sp³-hybridized carbons (Fsp3) is 0.730. The molecule has 682 valence electrons. The first-order chi connectivity index (χ1) is 58.3. The van der Waals surface area contributed by atoms with Gasteiger partial charge in [-0.3, -0.25) is 4.79 Å². The van der Waals surface area contributed by atoms with Crippen molar-refractivity contribution in [2.45, 2.75) is 439 Å². The zero-order valence-electron chi connectivity index (χ0n) is 73.8. The summed E-state index contributed by atoms with van der Waals surface area (Å²) in [4.78, 5) is 13.5. The smallest absolute Gasteiger partial charge is 0.220 e. The third-order valence-corrected chi connectivity index (χ3v) is 22.3. The van der Waals surface area contributed by atoms with E-state index in [9.17, 15) is 61.0 Å². The van der Waals surface area contributed by atoms with E-state index in [1.165, 1.54) is 167 Å². The van der Waals surface area contributed by atoms with Gasteiger partial charge in [0.25, 0.3) is 0 Å². The predicted molar refractivity (Wildman–Crippen MR) is 484 cm³/mol. The van der Waals surface area contributed by atoms with Gasteiger partial charge >= 0.3 is 0 Å². The normalized spacial score (nSPS) is 24.9. The van der Waals surface area contributed by atoms with Gasteiger partial charge in [-0.05, 0) is 116 Å². The predicted octanol–water partition coefficient (Wildman–Crippen LogP) is 19.1. The lowest BCUT2D eigenvalue weighted by Crippen LogP contribution is -2.66. The van der Waals surface area contributed by atoms with Crippen molar-refractivity contribution in [1.82, 2.24) is 5.32 Å². The van der Waals surface area contributed by atoms with Crippen LogP contribution >= 0.6 is 0 Å². The van der Waals surface area contributed by atoms with E-state index < -0.39 is 124 Å². The zero-order chi connectivity index (χ0) is 85.9. The van der Waals surface area contributed by atoms with Crippen LogP contribution in [-0.4, -0.2) is 193 Å². The molecule has 0 aromatic rings. The summed E-state index contributed by atoms with van der Waals surface area (Å²) in [5.41, 5.74) is 0. The highest BCUT2D eigenvalue weighted by Gasteiger charge is 2.54. The molecule has 17 atom stereocenters. The number of allylic oxidation sites excluding steroid dienone is 25. The van der Waals surface area contributed by atoms with Crippen molar-refractivity contribution in [2.75, 3.05) is 26.4 Å². The Kier molecular flexibility index (Phi) is 70.3. The van der Waals surface area contributed by atoms with Crippen LogP contribution < -0.4 is 5.32 Å². The highest BCUT2D eigenvalue weighted by molar-refractivity contribution is 5.76. The minimum Gasteiger partial charge on any atom is -0.394 e. The van der Waals surface area contributed by atoms with E-state index in [-0.39, 0.29) is 18.9 Å². The van der Waals surface area contributed by atoms with E-state index in [4.69, 9.17) is 28.4 Å². The van der Waals surface area contributed by atoms with Crippen molar-refractivity contribution >= 4 is 5.91 Å². The molecular formula is C100H169NO18. The Morgan fingerprint density at radius 1 is 0.311 bits per heavy atom. The molecule has 0 bridgehead atoms. The number of aliphatic hydroxyl groups excluding tert-OH is 11. The minimum absolute atomic E-state index is 0.213. The van der Waals surface area contributed by atoms with Gasteiger partial charge in [-0.1, -0.05) is 371 Å². The summed E-state index contributed by atoms with van der Waals surface area (Å²) in [7, 11) is 0. The first kappa shape index (κ1) is 109. The number of carbonyl (C=O) groups is 1. The fourth-order valence-electron chi connectivity index (χ4n) is 14.9. The fourth-order valence-corrected chi connectivity index (χ4v) is 14.9. The largest absolute Gasteiger partial charge is 0.394 e. The zero-order valence-corrected chi connectivity index (χ0v) is 73.8. The number of unbranched alkanes of at least 4 members (excludes halogenated alkanes) is 35. The number of aliphatic hydroxyl groups is 11. The van der Waals surface area contributed by atoms with E-state index in [2.05, 4.69) is 165 Å². The van der Waals surface area contributed by atoms with Crippen LogP contribution in [0.25, 0.3) is 0 Å². The third-order valence-electron chi connectivity index (χ3n) is 22.3. The van der Waals surface area contributed by atoms with E-state index in [1.807, 2.05) is 6.08 Å². The van der Waals surface area contributed by atoms with Crippen LogP contribution in [0, 0.1) is 0 Å². The van der Waals surface area contributed by atoms with Gasteiger partial charge in [0.2, 0.25) is 5.91 Å². The molecular weight excluding hydrogens is 1500 g/mol. The van der Waals surface area contributed by atoms with Gasteiger partial charge in [0.1, 0.15) is 73.2 Å². The van der Waals surface area contributed by atoms with Gasteiger partial charge < -0.3 is 89.9 Å². The van der Waals surface area contributed by atoms with Crippen molar-refractivity contribution in [3.8, 4) is 0 Å². The third kappa shape index (κ3) is 54.7. The van der Waals surface area contributed by atoms with Crippen LogP contribution in [-0.2, 0) is 33.2 Å². The monoisotopic (exact) mass is 1670 g/mol. The molecule has 0 aromatic carbocycles. The molecule has 3 fully saturated rings. The van der Waals surface area contributed by atoms with E-state index in [0.717, 1.165) is 135 Å². The van der Waals surface area contributed by atoms with Crippen LogP contribution in [0.5, 0.6) is 0 Å². The Bertz CT molecular complexity index is 2770. The minimum atomic E-state index is -1.99. The number of ether oxygens (including phenoxy) is 6. The van der Waals surface area contributed by atoms with Gasteiger partial charge in [0.15, 0.2) is 18.9 Å². The summed E-state index contributed by atoms with van der Waals surface area (Å²) in [6, 6.07) is -1.01. The van der Waals surface area contributed by atoms with E-state index >= 15 is 0 Å². The van der Waals surface area contributed by atoms with Crippen LogP contribution in [0.15, 0.2) is 158 Å². The Labute approximate surface area is 720 Å². The van der Waals surface area contributed by atoms with Gasteiger partial charge in [0, 0.05) is 6.42 Å². The molecule has 119 heavy (non-hydrogen) atoms. The molecule has 19 heteroatoms. The number of carbonyl (C=O) groups excluding carboxylic acids is 1. The van der Waals surface area contributed by atoms with E-state index in [1.54, 1.807) is 6.08 Å². The maximum Gasteiger partial charge on any atom is 0.220 e. The molecule has 3 aliphatic heterocycles. The van der Waals surface area contributed by atoms with Gasteiger partial charge in [0.05, 0.1) is 38.6 Å². The maximum absolute atomic E-state index is 13.5. The Morgan fingerprint density at radius 3 is 0.941 bits per heavy atom. The topological polar surface area (TPSA) is 307 Å². The average molecular weight is 1670 g/mol. The Balaban J connectivity index is 1.34. The second-order valence-electron chi connectivity index (χ2n) is 32.7. The molecule has 0 saturated carbocycles. The number of rotatable bonds is 75. The van der Waals surface area contributed by atoms with Crippen LogP contribution in [0.2, 0.25) is 0 Å². The van der Waals surface area contributed by atoms with Crippen molar-refractivity contribution in [3.63, 3.8) is 0 Å². The molecule has 12 N–H and O–H groups in total. The van der Waals surface area contributed by atoms with Crippen LogP contribution in [0.3, 0.4) is 0 Å². The van der Waals surface area contributed by atoms with Gasteiger partial charge in [-0.2, -0.15) is 0 Å². The SMILES string of the molecule is CC/C=C\C/C=C\C/C=C\C/C=C\C/C=C\C/C=C\C/C=C\C/C=C\C/C=C\C/C=C\C/C=C\CCCCCCCCCC(=O)NC(COC1OC(CO)C(OC2OC(CO)C(OC3OC(CO)C(O)C(O)C3O)C(O)C2O)C(O)C1O)C(O)/C=C/CC/C=C/CCCCCCCCCCCCCCCCCCCCCCCCCCCCC. The molecule has 17 unspecified atom stereocenters. The van der Waals surface area contributed by atoms with Crippen LogP contribution in [0.4, 0.5) is 0 Å². The lowest BCUT2D eigenvalue weighted by Gasteiger charge is -2.48. The number of hydrogen-bond donors (Lipinski definition) is 12. The second-order valence-corrected chi connectivity index (χ2v) is 32.7. The summed E-state index contributed by atoms with van der Waals surface area (Å²) in [6.45, 7) is 1.62. The first-order valence-corrected chi connectivity index (χ1v) is 47.2. The number of nitrogens with one attached hydrogen (secondary N) is 1. The number of hydrogen-bond acceptors (Lipinski definition) is 18. The molecule has 0 spiro atoms. The molecule has 0 radical (unpaired) electrons. The summed E-state index contributed by atoms with van der Waals surface area (Å²) in [5.74, 6) is -0.299. The Hall–Kier alpha value is -4.59. The molecule has 19 nitrogen and oxygen atoms in total. The Morgan fingerprint density at radius 2 is 0.588 bits per heavy atom. The molecule has 0 aliphatic carbocycles. The highest BCUT2D eigenvalue weighted by Crippen LogP contribution is 2.33. The molecule has 0 aromatic heterocycles. The quantitative estimate of drug-likeness (QED) is 0.0199. The maximum atomic E-state index is 13.5. The first-order valence-electron chi connectivity index (χ1n) is 47.2. The summed E-state index contributed by atoms with van der Waals surface area (Å²) in [5, 5.41) is 121. The van der Waals surface area contributed by atoms with Crippen molar-refractivity contribution < 1.29 is 89.4 Å². The standard InChI is InChI=1S/C100H169NO18/c1-3-5-7-9-11-13-15-17-19-21-23-25-27-29-31-33-35-37-38-39-40-41-42-43-44-46-48-50-52-54-56-58-60-62-64-66-68-70-72-74-76-78-88(106)101-83(84(105)77-75-73-71-69-67-65-63-61-59-57-55-53-51-49-47-45-36-34-32-30-28-26-24-22-20-18-16-14-12-10-8-6-4-2)82-114-98-94(112)91(109)96(86(80-103)116-98)119-100-95(113)92(110)97(87(81-104)117-100)118-99-93(111)90(108)89(107)85(79-102)115-99/h5,7,11,13,17,19,23,25,29,31,35,37,39-40,42-43,46,48,52,54,58,60,67,69,75,77,83-87,89-100,102-105,107-113H,3-4,6,8-10,12,14-16,18,20-22,24,26-28,30,32-34,36,38,41,44-45,47,49-51,53,55-57,59,61-66,68,70-74,76,78-82H2,1-2H3,(H,101,106)/b7-5-,13-11-,19-17-,25-23-,31-29-,37-35-,40-39-,43-42-,48-46-,54-52-,60-58-,69-67+,77-75+. The number of amides is 1. The van der Waals surface area contributed by atoms with E-state index in [0.29, 0.717) is 12.8 Å². The lowest BCUT2D eigenvalue weighted by atomic mass is 9.96. The summed E-state index contributed by atoms with van der Waals surface area (Å²) < 4.78 is 34.5. The van der Waals surface area contributed by atoms with Gasteiger partial charge in [-0.25, -0.2) is 0 Å². The summed E-state index contributed by atoms with van der Waals surface area (Å²) >= 11 is 0. The molecule has 3 saturated heterocycles. The second kappa shape index (κ2) is 77.0. The molecule has 1 amide bonds. The lowest BCUT2D eigenvalue weighted by molar-refractivity contribution is -0.379. The highest BCUT2D eigenvalue weighted by atomic mass is 16.8.